The number of hydrogen-bond acceptors (Lipinski definition) is 2. The van der Waals surface area contributed by atoms with Crippen LogP contribution in [0.4, 0.5) is 0 Å². The lowest BCUT2D eigenvalue weighted by Crippen LogP contribution is -2.52. The first-order valence-corrected chi connectivity index (χ1v) is 13.8. The molecule has 194 valence electrons. The smallest absolute Gasteiger partial charge is 0.243 e. The number of carbonyl (C=O) groups is 2. The molecule has 1 atom stereocenters. The van der Waals surface area contributed by atoms with Crippen LogP contribution < -0.4 is 5.32 Å². The lowest BCUT2D eigenvalue weighted by molar-refractivity contribution is -0.141. The second-order valence-electron chi connectivity index (χ2n) is 9.90. The fourth-order valence-corrected chi connectivity index (χ4v) is 5.44. The van der Waals surface area contributed by atoms with Crippen LogP contribution in [-0.4, -0.2) is 28.8 Å². The van der Waals surface area contributed by atoms with Crippen molar-refractivity contribution in [3.8, 4) is 0 Å². The quantitative estimate of drug-likeness (QED) is 0.305. The zero-order valence-electron chi connectivity index (χ0n) is 21.3. The Morgan fingerprint density at radius 3 is 2.19 bits per heavy atom. The molecule has 4 nitrogen and oxygen atoms in total. The van der Waals surface area contributed by atoms with Gasteiger partial charge in [0.05, 0.1) is 0 Å². The van der Waals surface area contributed by atoms with Gasteiger partial charge in [-0.05, 0) is 49.4 Å². The summed E-state index contributed by atoms with van der Waals surface area (Å²) in [6.07, 6.45) is 5.47. The van der Waals surface area contributed by atoms with E-state index in [0.29, 0.717) is 28.5 Å². The molecule has 0 heterocycles. The highest BCUT2D eigenvalue weighted by Crippen LogP contribution is 2.28. The maximum Gasteiger partial charge on any atom is 0.243 e. The van der Waals surface area contributed by atoms with Gasteiger partial charge in [0, 0.05) is 41.0 Å². The molecule has 0 aromatic heterocycles. The Hall–Kier alpha value is -2.82. The van der Waals surface area contributed by atoms with Gasteiger partial charge in [-0.15, -0.1) is 0 Å². The van der Waals surface area contributed by atoms with Crippen LogP contribution in [0.25, 0.3) is 0 Å². The van der Waals surface area contributed by atoms with E-state index in [1.807, 2.05) is 61.5 Å². The zero-order valence-corrected chi connectivity index (χ0v) is 22.8. The number of hydrogen-bond donors (Lipinski definition) is 1. The van der Waals surface area contributed by atoms with Gasteiger partial charge in [0.1, 0.15) is 6.04 Å². The molecule has 0 bridgehead atoms. The van der Waals surface area contributed by atoms with E-state index in [4.69, 9.17) is 23.2 Å². The molecule has 37 heavy (non-hydrogen) atoms. The maximum absolute atomic E-state index is 13.8. The summed E-state index contributed by atoms with van der Waals surface area (Å²) in [6.45, 7) is 2.21. The summed E-state index contributed by atoms with van der Waals surface area (Å²) in [4.78, 5) is 29.3. The Kier molecular flexibility index (Phi) is 9.65. The van der Waals surface area contributed by atoms with Crippen LogP contribution in [-0.2, 0) is 29.0 Å². The minimum Gasteiger partial charge on any atom is -0.352 e. The number of amides is 2. The lowest BCUT2D eigenvalue weighted by Gasteiger charge is -2.33. The summed E-state index contributed by atoms with van der Waals surface area (Å²) in [5, 5.41) is 4.20. The Bertz CT molecular complexity index is 1170. The van der Waals surface area contributed by atoms with Crippen molar-refractivity contribution in [1.82, 2.24) is 10.2 Å². The molecular formula is C31H34Cl2N2O2. The molecule has 1 aliphatic rings. The Morgan fingerprint density at radius 1 is 0.892 bits per heavy atom. The van der Waals surface area contributed by atoms with Crippen molar-refractivity contribution in [3.05, 3.63) is 105 Å². The molecule has 0 aliphatic heterocycles. The molecule has 0 spiro atoms. The molecule has 3 aromatic carbocycles. The van der Waals surface area contributed by atoms with Gasteiger partial charge in [-0.1, -0.05) is 102 Å². The molecule has 6 heteroatoms. The van der Waals surface area contributed by atoms with Crippen molar-refractivity contribution < 1.29 is 9.59 Å². The monoisotopic (exact) mass is 536 g/mol. The van der Waals surface area contributed by atoms with Crippen LogP contribution >= 0.6 is 23.2 Å². The van der Waals surface area contributed by atoms with E-state index in [2.05, 4.69) is 5.32 Å². The number of nitrogens with zero attached hydrogens (tertiary/aromatic N) is 1. The fraction of sp³-hybridized carbons (Fsp3) is 0.355. The highest BCUT2D eigenvalue weighted by molar-refractivity contribution is 6.36. The normalized spacial score (nSPS) is 14.4. The average Bonchev–Trinajstić information content (AvgIpc) is 3.40. The molecular weight excluding hydrogens is 503 g/mol. The average molecular weight is 538 g/mol. The van der Waals surface area contributed by atoms with E-state index in [-0.39, 0.29) is 30.8 Å². The van der Waals surface area contributed by atoms with E-state index in [9.17, 15) is 9.59 Å². The fourth-order valence-electron chi connectivity index (χ4n) is 4.92. The summed E-state index contributed by atoms with van der Waals surface area (Å²) in [7, 11) is 0. The first kappa shape index (κ1) is 27.2. The molecule has 1 saturated carbocycles. The predicted molar refractivity (Wildman–Crippen MR) is 151 cm³/mol. The third kappa shape index (κ3) is 7.59. The topological polar surface area (TPSA) is 49.4 Å². The maximum atomic E-state index is 13.8. The van der Waals surface area contributed by atoms with Crippen LogP contribution in [0.1, 0.15) is 54.4 Å². The van der Waals surface area contributed by atoms with Crippen molar-refractivity contribution in [3.63, 3.8) is 0 Å². The first-order valence-electron chi connectivity index (χ1n) is 13.0. The van der Waals surface area contributed by atoms with Crippen LogP contribution in [0, 0.1) is 6.92 Å². The van der Waals surface area contributed by atoms with Gasteiger partial charge in [-0.2, -0.15) is 0 Å². The molecule has 0 unspecified atom stereocenters. The summed E-state index contributed by atoms with van der Waals surface area (Å²) < 4.78 is 0. The number of halogens is 2. The number of carbonyl (C=O) groups excluding carboxylic acids is 2. The first-order chi connectivity index (χ1) is 17.9. The number of benzene rings is 3. The third-order valence-corrected chi connectivity index (χ3v) is 7.82. The summed E-state index contributed by atoms with van der Waals surface area (Å²) in [6, 6.07) is 22.8. The van der Waals surface area contributed by atoms with Gasteiger partial charge in [-0.3, -0.25) is 9.59 Å². The van der Waals surface area contributed by atoms with Crippen molar-refractivity contribution >= 4 is 35.0 Å². The largest absolute Gasteiger partial charge is 0.352 e. The Morgan fingerprint density at radius 2 is 1.54 bits per heavy atom. The SMILES string of the molecule is Cc1ccc(CCC(=O)N(Cc2c(Cl)cccc2Cl)[C@@H](Cc2ccccc2)C(=O)NC2CCCC2)cc1. The molecule has 0 saturated heterocycles. The van der Waals surface area contributed by atoms with Gasteiger partial charge in [0.15, 0.2) is 0 Å². The minimum atomic E-state index is -0.680. The summed E-state index contributed by atoms with van der Waals surface area (Å²) in [5.41, 5.74) is 3.91. The van der Waals surface area contributed by atoms with Crippen molar-refractivity contribution in [2.45, 2.75) is 70.5 Å². The molecule has 0 radical (unpaired) electrons. The van der Waals surface area contributed by atoms with Crippen molar-refractivity contribution in [2.75, 3.05) is 0 Å². The summed E-state index contributed by atoms with van der Waals surface area (Å²) >= 11 is 13.1. The highest BCUT2D eigenvalue weighted by Gasteiger charge is 2.32. The van der Waals surface area contributed by atoms with E-state index >= 15 is 0 Å². The van der Waals surface area contributed by atoms with Crippen LogP contribution in [0.15, 0.2) is 72.8 Å². The molecule has 1 N–H and O–H groups in total. The van der Waals surface area contributed by atoms with Crippen LogP contribution in [0.3, 0.4) is 0 Å². The zero-order chi connectivity index (χ0) is 26.2. The van der Waals surface area contributed by atoms with Gasteiger partial charge >= 0.3 is 0 Å². The number of nitrogens with one attached hydrogen (secondary N) is 1. The highest BCUT2D eigenvalue weighted by atomic mass is 35.5. The molecule has 2 amide bonds. The van der Waals surface area contributed by atoms with E-state index in [0.717, 1.165) is 36.8 Å². The van der Waals surface area contributed by atoms with Crippen LogP contribution in [0.5, 0.6) is 0 Å². The van der Waals surface area contributed by atoms with Gasteiger partial charge in [0.2, 0.25) is 11.8 Å². The third-order valence-electron chi connectivity index (χ3n) is 7.11. The molecule has 1 fully saturated rings. The number of rotatable bonds is 10. The van der Waals surface area contributed by atoms with E-state index in [1.165, 1.54) is 5.56 Å². The van der Waals surface area contributed by atoms with Gasteiger partial charge in [-0.25, -0.2) is 0 Å². The molecule has 4 rings (SSSR count). The van der Waals surface area contributed by atoms with Gasteiger partial charge < -0.3 is 10.2 Å². The van der Waals surface area contributed by atoms with E-state index in [1.54, 1.807) is 23.1 Å². The minimum absolute atomic E-state index is 0.0981. The Balaban J connectivity index is 1.64. The number of aryl methyl sites for hydroxylation is 2. The van der Waals surface area contributed by atoms with Crippen LogP contribution in [0.2, 0.25) is 10.0 Å². The van der Waals surface area contributed by atoms with Crippen molar-refractivity contribution in [1.29, 1.82) is 0 Å². The second kappa shape index (κ2) is 13.1. The lowest BCUT2D eigenvalue weighted by atomic mass is 10.0. The van der Waals surface area contributed by atoms with E-state index < -0.39 is 6.04 Å². The van der Waals surface area contributed by atoms with Gasteiger partial charge in [0.25, 0.3) is 0 Å². The standard InChI is InChI=1S/C31H34Cl2N2O2/c1-22-14-16-23(17-15-22)18-19-30(36)35(21-26-27(32)12-7-13-28(26)33)29(20-24-8-3-2-4-9-24)31(37)34-25-10-5-6-11-25/h2-4,7-9,12-17,25,29H,5-6,10-11,18-21H2,1H3,(H,34,37)/t29-/m0/s1. The Labute approximate surface area is 230 Å². The van der Waals surface area contributed by atoms with Crippen molar-refractivity contribution in [2.24, 2.45) is 0 Å². The molecule has 3 aromatic rings. The predicted octanol–water partition coefficient (Wildman–Crippen LogP) is 6.93. The molecule has 1 aliphatic carbocycles. The second-order valence-corrected chi connectivity index (χ2v) is 10.7. The summed E-state index contributed by atoms with van der Waals surface area (Å²) in [5.74, 6) is -0.221.